The van der Waals surface area contributed by atoms with E-state index < -0.39 is 0 Å². The molecule has 1 heterocycles. The van der Waals surface area contributed by atoms with Crippen molar-refractivity contribution in [3.63, 3.8) is 0 Å². The van der Waals surface area contributed by atoms with Gasteiger partial charge in [0.15, 0.2) is 0 Å². The number of aryl methyl sites for hydroxylation is 2. The number of fused-ring (bicyclic) bond motifs is 1. The second-order valence-corrected chi connectivity index (χ2v) is 4.73. The molecule has 2 N–H and O–H groups in total. The van der Waals surface area contributed by atoms with Crippen LogP contribution in [0.25, 0.3) is 11.3 Å². The van der Waals surface area contributed by atoms with Crippen LogP contribution in [0.3, 0.4) is 0 Å². The van der Waals surface area contributed by atoms with Crippen molar-refractivity contribution in [2.75, 3.05) is 5.73 Å². The summed E-state index contributed by atoms with van der Waals surface area (Å²) in [5.41, 5.74) is 11.1. The van der Waals surface area contributed by atoms with Crippen LogP contribution >= 0.6 is 0 Å². The van der Waals surface area contributed by atoms with E-state index in [2.05, 4.69) is 23.3 Å². The highest BCUT2D eigenvalue weighted by molar-refractivity contribution is 5.68. The first-order chi connectivity index (χ1) is 8.25. The molecule has 0 saturated carbocycles. The van der Waals surface area contributed by atoms with Crippen molar-refractivity contribution >= 4 is 5.82 Å². The van der Waals surface area contributed by atoms with Crippen LogP contribution in [0.15, 0.2) is 24.3 Å². The zero-order valence-electron chi connectivity index (χ0n) is 10.1. The van der Waals surface area contributed by atoms with Crippen molar-refractivity contribution in [3.8, 4) is 11.3 Å². The predicted molar refractivity (Wildman–Crippen MR) is 69.7 cm³/mol. The second kappa shape index (κ2) is 3.91. The fourth-order valence-electron chi connectivity index (χ4n) is 2.63. The van der Waals surface area contributed by atoms with Gasteiger partial charge in [-0.15, -0.1) is 0 Å². The fourth-order valence-corrected chi connectivity index (χ4v) is 2.63. The lowest BCUT2D eigenvalue weighted by molar-refractivity contribution is 0.686. The second-order valence-electron chi connectivity index (χ2n) is 4.73. The third-order valence-electron chi connectivity index (χ3n) is 3.59. The minimum absolute atomic E-state index is 0.716. The maximum atomic E-state index is 5.85. The van der Waals surface area contributed by atoms with E-state index in [1.165, 1.54) is 42.4 Å². The molecular weight excluding hydrogens is 210 g/mol. The van der Waals surface area contributed by atoms with E-state index in [1.807, 2.05) is 13.1 Å². The van der Waals surface area contributed by atoms with Crippen molar-refractivity contribution in [1.82, 2.24) is 9.78 Å². The predicted octanol–water partition coefficient (Wildman–Crippen LogP) is 2.55. The molecule has 3 nitrogen and oxygen atoms in total. The number of nitrogens with zero attached hydrogens (tertiary/aromatic N) is 2. The molecule has 0 aliphatic heterocycles. The first kappa shape index (κ1) is 10.4. The standard InChI is InChI=1S/C14H17N3/c1-17-14(15)9-13(16-17)12-8-4-6-10-5-2-3-7-11(10)12/h4,6,8-9H,2-3,5,7,15H2,1H3. The van der Waals surface area contributed by atoms with Gasteiger partial charge in [-0.3, -0.25) is 4.68 Å². The van der Waals surface area contributed by atoms with Gasteiger partial charge in [0, 0.05) is 18.7 Å². The first-order valence-corrected chi connectivity index (χ1v) is 6.16. The van der Waals surface area contributed by atoms with Gasteiger partial charge in [-0.25, -0.2) is 0 Å². The Bertz CT molecular complexity index is 535. The summed E-state index contributed by atoms with van der Waals surface area (Å²) in [5.74, 6) is 0.716. The smallest absolute Gasteiger partial charge is 0.121 e. The monoisotopic (exact) mass is 227 g/mol. The van der Waals surface area contributed by atoms with Gasteiger partial charge < -0.3 is 5.73 Å². The Morgan fingerprint density at radius 1 is 1.24 bits per heavy atom. The number of rotatable bonds is 1. The molecule has 3 heteroatoms. The highest BCUT2D eigenvalue weighted by atomic mass is 15.3. The topological polar surface area (TPSA) is 43.8 Å². The summed E-state index contributed by atoms with van der Waals surface area (Å²) in [6.45, 7) is 0. The van der Waals surface area contributed by atoms with E-state index in [0.717, 1.165) is 5.69 Å². The van der Waals surface area contributed by atoms with Gasteiger partial charge in [0.05, 0.1) is 5.69 Å². The Hall–Kier alpha value is -1.77. The molecule has 0 spiro atoms. The Kier molecular flexibility index (Phi) is 2.39. The van der Waals surface area contributed by atoms with Gasteiger partial charge in [-0.1, -0.05) is 18.2 Å². The number of nitrogens with two attached hydrogens (primary N) is 1. The van der Waals surface area contributed by atoms with Crippen molar-refractivity contribution in [1.29, 1.82) is 0 Å². The van der Waals surface area contributed by atoms with E-state index in [-0.39, 0.29) is 0 Å². The number of hydrogen-bond donors (Lipinski definition) is 1. The van der Waals surface area contributed by atoms with Gasteiger partial charge in [-0.05, 0) is 36.8 Å². The van der Waals surface area contributed by atoms with E-state index in [0.29, 0.717) is 5.82 Å². The van der Waals surface area contributed by atoms with Crippen LogP contribution in [0.4, 0.5) is 5.82 Å². The van der Waals surface area contributed by atoms with Crippen LogP contribution in [0.2, 0.25) is 0 Å². The van der Waals surface area contributed by atoms with Crippen molar-refractivity contribution in [2.24, 2.45) is 7.05 Å². The lowest BCUT2D eigenvalue weighted by Gasteiger charge is -2.18. The van der Waals surface area contributed by atoms with Crippen LogP contribution in [0.5, 0.6) is 0 Å². The average Bonchev–Trinajstić information content (AvgIpc) is 2.69. The Morgan fingerprint density at radius 3 is 2.82 bits per heavy atom. The Balaban J connectivity index is 2.14. The molecule has 1 aliphatic carbocycles. The molecule has 0 atom stereocenters. The van der Waals surface area contributed by atoms with E-state index in [4.69, 9.17) is 5.73 Å². The lowest BCUT2D eigenvalue weighted by Crippen LogP contribution is -2.04. The molecule has 0 saturated heterocycles. The van der Waals surface area contributed by atoms with Crippen molar-refractivity contribution in [3.05, 3.63) is 35.4 Å². The number of aromatic nitrogens is 2. The Morgan fingerprint density at radius 2 is 2.06 bits per heavy atom. The van der Waals surface area contributed by atoms with E-state index in [9.17, 15) is 0 Å². The molecular formula is C14H17N3. The van der Waals surface area contributed by atoms with Gasteiger partial charge in [0.2, 0.25) is 0 Å². The summed E-state index contributed by atoms with van der Waals surface area (Å²) in [6, 6.07) is 8.49. The summed E-state index contributed by atoms with van der Waals surface area (Å²) in [7, 11) is 1.88. The molecule has 0 radical (unpaired) electrons. The maximum Gasteiger partial charge on any atom is 0.121 e. The molecule has 88 valence electrons. The molecule has 0 amide bonds. The first-order valence-electron chi connectivity index (χ1n) is 6.16. The lowest BCUT2D eigenvalue weighted by atomic mass is 9.87. The molecule has 0 unspecified atom stereocenters. The maximum absolute atomic E-state index is 5.85. The fraction of sp³-hybridized carbons (Fsp3) is 0.357. The molecule has 3 rings (SSSR count). The summed E-state index contributed by atoms with van der Waals surface area (Å²) >= 11 is 0. The molecule has 1 aromatic heterocycles. The van der Waals surface area contributed by atoms with Crippen molar-refractivity contribution < 1.29 is 0 Å². The quantitative estimate of drug-likeness (QED) is 0.813. The summed E-state index contributed by atoms with van der Waals surface area (Å²) in [5, 5.41) is 4.48. The third kappa shape index (κ3) is 1.71. The zero-order chi connectivity index (χ0) is 11.8. The Labute approximate surface area is 101 Å². The van der Waals surface area contributed by atoms with E-state index in [1.54, 1.807) is 4.68 Å². The minimum atomic E-state index is 0.716. The normalized spacial score (nSPS) is 14.6. The average molecular weight is 227 g/mol. The van der Waals surface area contributed by atoms with Gasteiger partial charge >= 0.3 is 0 Å². The largest absolute Gasteiger partial charge is 0.384 e. The summed E-state index contributed by atoms with van der Waals surface area (Å²) in [4.78, 5) is 0. The molecule has 0 fully saturated rings. The highest BCUT2D eigenvalue weighted by Gasteiger charge is 2.15. The molecule has 1 aliphatic rings. The summed E-state index contributed by atoms with van der Waals surface area (Å²) < 4.78 is 1.73. The molecule has 1 aromatic carbocycles. The van der Waals surface area contributed by atoms with Gasteiger partial charge in [0.1, 0.15) is 5.82 Å². The summed E-state index contributed by atoms with van der Waals surface area (Å²) in [6.07, 6.45) is 4.96. The number of hydrogen-bond acceptors (Lipinski definition) is 2. The SMILES string of the molecule is Cn1nc(-c2cccc3c2CCCC3)cc1N. The third-order valence-corrected chi connectivity index (χ3v) is 3.59. The van der Waals surface area contributed by atoms with Crippen LogP contribution in [0.1, 0.15) is 24.0 Å². The number of nitrogen functional groups attached to an aromatic ring is 1. The highest BCUT2D eigenvalue weighted by Crippen LogP contribution is 2.31. The zero-order valence-corrected chi connectivity index (χ0v) is 10.1. The van der Waals surface area contributed by atoms with Crippen molar-refractivity contribution in [2.45, 2.75) is 25.7 Å². The van der Waals surface area contributed by atoms with Crippen LogP contribution in [0, 0.1) is 0 Å². The van der Waals surface area contributed by atoms with Crippen LogP contribution in [-0.2, 0) is 19.9 Å². The molecule has 2 aromatic rings. The van der Waals surface area contributed by atoms with Gasteiger partial charge in [-0.2, -0.15) is 5.10 Å². The minimum Gasteiger partial charge on any atom is -0.384 e. The van der Waals surface area contributed by atoms with Crippen LogP contribution in [-0.4, -0.2) is 9.78 Å². The molecule has 17 heavy (non-hydrogen) atoms. The molecule has 0 bridgehead atoms. The number of benzene rings is 1. The van der Waals surface area contributed by atoms with Crippen LogP contribution < -0.4 is 5.73 Å². The number of anilines is 1. The van der Waals surface area contributed by atoms with Gasteiger partial charge in [0.25, 0.3) is 0 Å². The van der Waals surface area contributed by atoms with E-state index >= 15 is 0 Å².